The molecule has 4 heteroatoms. The van der Waals surface area contributed by atoms with Crippen LogP contribution in [0.1, 0.15) is 25.2 Å². The standard InChI is InChI=1S/C19H20FN3/c1-3-23(4-2)16-9-5-14(6-10-16)7-12-19-21-17-11-8-15(20)13-18(17)22-19/h5-13H,3-4H2,1-2H3,(H,21,22). The van der Waals surface area contributed by atoms with E-state index in [-0.39, 0.29) is 5.82 Å². The Morgan fingerprint density at radius 1 is 1.04 bits per heavy atom. The molecule has 2 aromatic carbocycles. The van der Waals surface area contributed by atoms with Crippen molar-refractivity contribution in [3.8, 4) is 0 Å². The summed E-state index contributed by atoms with van der Waals surface area (Å²) < 4.78 is 13.2. The molecule has 0 aliphatic heterocycles. The SMILES string of the molecule is CCN(CC)c1ccc(C=Cc2nc3ccc(F)cc3[nH]2)cc1. The average Bonchev–Trinajstić information content (AvgIpc) is 2.97. The first kappa shape index (κ1) is 15.3. The Balaban J connectivity index is 1.78. The molecule has 0 saturated carbocycles. The Morgan fingerprint density at radius 3 is 2.48 bits per heavy atom. The second-order valence-corrected chi connectivity index (χ2v) is 5.38. The molecule has 0 saturated heterocycles. The highest BCUT2D eigenvalue weighted by Crippen LogP contribution is 2.17. The molecule has 0 aliphatic rings. The number of imidazole rings is 1. The van der Waals surface area contributed by atoms with Crippen LogP contribution in [0.3, 0.4) is 0 Å². The Labute approximate surface area is 135 Å². The first-order valence-electron chi connectivity index (χ1n) is 7.88. The number of rotatable bonds is 5. The quantitative estimate of drug-likeness (QED) is 0.739. The number of anilines is 1. The zero-order chi connectivity index (χ0) is 16.2. The van der Waals surface area contributed by atoms with Gasteiger partial charge in [0.15, 0.2) is 0 Å². The number of hydrogen-bond acceptors (Lipinski definition) is 2. The van der Waals surface area contributed by atoms with Gasteiger partial charge in [0.1, 0.15) is 11.6 Å². The normalized spacial score (nSPS) is 11.4. The van der Waals surface area contributed by atoms with Crippen LogP contribution in [0.2, 0.25) is 0 Å². The Bertz CT molecular complexity index is 814. The zero-order valence-electron chi connectivity index (χ0n) is 13.4. The van der Waals surface area contributed by atoms with Gasteiger partial charge in [0, 0.05) is 18.8 Å². The molecule has 3 aromatic rings. The van der Waals surface area contributed by atoms with Crippen LogP contribution >= 0.6 is 0 Å². The summed E-state index contributed by atoms with van der Waals surface area (Å²) in [5.41, 5.74) is 3.81. The molecule has 0 bridgehead atoms. The van der Waals surface area contributed by atoms with E-state index in [0.29, 0.717) is 5.52 Å². The predicted molar refractivity (Wildman–Crippen MR) is 95.0 cm³/mol. The van der Waals surface area contributed by atoms with E-state index in [0.717, 1.165) is 30.0 Å². The number of benzene rings is 2. The van der Waals surface area contributed by atoms with Crippen molar-refractivity contribution < 1.29 is 4.39 Å². The lowest BCUT2D eigenvalue weighted by atomic mass is 10.2. The van der Waals surface area contributed by atoms with Crippen LogP contribution < -0.4 is 4.90 Å². The van der Waals surface area contributed by atoms with E-state index in [1.54, 1.807) is 6.07 Å². The summed E-state index contributed by atoms with van der Waals surface area (Å²) in [6.07, 6.45) is 3.91. The van der Waals surface area contributed by atoms with Gasteiger partial charge in [0.2, 0.25) is 0 Å². The molecule has 118 valence electrons. The molecule has 0 spiro atoms. The third kappa shape index (κ3) is 3.42. The fraction of sp³-hybridized carbons (Fsp3) is 0.211. The van der Waals surface area contributed by atoms with Crippen molar-refractivity contribution in [2.24, 2.45) is 0 Å². The monoisotopic (exact) mass is 309 g/mol. The number of aromatic nitrogens is 2. The highest BCUT2D eigenvalue weighted by Gasteiger charge is 2.02. The lowest BCUT2D eigenvalue weighted by Crippen LogP contribution is -2.21. The Morgan fingerprint density at radius 2 is 1.78 bits per heavy atom. The van der Waals surface area contributed by atoms with Gasteiger partial charge in [0.25, 0.3) is 0 Å². The lowest BCUT2D eigenvalue weighted by Gasteiger charge is -2.20. The minimum atomic E-state index is -0.260. The molecule has 1 aromatic heterocycles. The number of halogens is 1. The maximum Gasteiger partial charge on any atom is 0.131 e. The first-order chi connectivity index (χ1) is 11.2. The number of fused-ring (bicyclic) bond motifs is 1. The van der Waals surface area contributed by atoms with Crippen LogP contribution in [0.4, 0.5) is 10.1 Å². The van der Waals surface area contributed by atoms with Crippen molar-refractivity contribution in [2.45, 2.75) is 13.8 Å². The number of hydrogen-bond donors (Lipinski definition) is 1. The second-order valence-electron chi connectivity index (χ2n) is 5.38. The fourth-order valence-electron chi connectivity index (χ4n) is 2.64. The zero-order valence-corrected chi connectivity index (χ0v) is 13.4. The largest absolute Gasteiger partial charge is 0.372 e. The molecule has 0 fully saturated rings. The molecular formula is C19H20FN3. The number of nitrogens with zero attached hydrogens (tertiary/aromatic N) is 2. The molecule has 1 N–H and O–H groups in total. The summed E-state index contributed by atoms with van der Waals surface area (Å²) in [7, 11) is 0. The van der Waals surface area contributed by atoms with E-state index in [4.69, 9.17) is 0 Å². The maximum absolute atomic E-state index is 13.2. The van der Waals surface area contributed by atoms with Crippen LogP contribution in [0, 0.1) is 5.82 Å². The van der Waals surface area contributed by atoms with Crippen molar-refractivity contribution in [1.29, 1.82) is 0 Å². The molecule has 23 heavy (non-hydrogen) atoms. The van der Waals surface area contributed by atoms with Gasteiger partial charge in [-0.05, 0) is 55.8 Å². The highest BCUT2D eigenvalue weighted by atomic mass is 19.1. The van der Waals surface area contributed by atoms with Gasteiger partial charge in [-0.25, -0.2) is 9.37 Å². The third-order valence-corrected chi connectivity index (χ3v) is 3.92. The van der Waals surface area contributed by atoms with Crippen LogP contribution in [0.5, 0.6) is 0 Å². The van der Waals surface area contributed by atoms with Crippen LogP contribution in [-0.4, -0.2) is 23.1 Å². The molecule has 3 rings (SSSR count). The van der Waals surface area contributed by atoms with Crippen LogP contribution in [0.25, 0.3) is 23.2 Å². The summed E-state index contributed by atoms with van der Waals surface area (Å²) in [5, 5.41) is 0. The summed E-state index contributed by atoms with van der Waals surface area (Å²) in [5.74, 6) is 0.460. The van der Waals surface area contributed by atoms with Crippen molar-refractivity contribution in [3.63, 3.8) is 0 Å². The molecular weight excluding hydrogens is 289 g/mol. The molecule has 0 amide bonds. The van der Waals surface area contributed by atoms with Crippen molar-refractivity contribution in [2.75, 3.05) is 18.0 Å². The van der Waals surface area contributed by atoms with Crippen LogP contribution in [0.15, 0.2) is 42.5 Å². The van der Waals surface area contributed by atoms with E-state index >= 15 is 0 Å². The number of aromatic amines is 1. The molecule has 0 atom stereocenters. The number of H-pyrrole nitrogens is 1. The van der Waals surface area contributed by atoms with E-state index in [1.807, 2.05) is 12.2 Å². The van der Waals surface area contributed by atoms with E-state index in [1.165, 1.54) is 17.8 Å². The molecule has 0 aliphatic carbocycles. The fourth-order valence-corrected chi connectivity index (χ4v) is 2.64. The van der Waals surface area contributed by atoms with Crippen molar-refractivity contribution in [1.82, 2.24) is 9.97 Å². The van der Waals surface area contributed by atoms with E-state index in [9.17, 15) is 4.39 Å². The summed E-state index contributed by atoms with van der Waals surface area (Å²) >= 11 is 0. The van der Waals surface area contributed by atoms with Gasteiger partial charge in [-0.15, -0.1) is 0 Å². The minimum absolute atomic E-state index is 0.260. The smallest absolute Gasteiger partial charge is 0.131 e. The van der Waals surface area contributed by atoms with Crippen molar-refractivity contribution in [3.05, 3.63) is 59.7 Å². The van der Waals surface area contributed by atoms with Gasteiger partial charge in [-0.2, -0.15) is 0 Å². The molecule has 0 radical (unpaired) electrons. The first-order valence-corrected chi connectivity index (χ1v) is 7.88. The third-order valence-electron chi connectivity index (χ3n) is 3.92. The minimum Gasteiger partial charge on any atom is -0.372 e. The molecule has 0 unspecified atom stereocenters. The summed E-state index contributed by atoms with van der Waals surface area (Å²) in [4.78, 5) is 9.84. The van der Waals surface area contributed by atoms with Gasteiger partial charge in [-0.3, -0.25) is 0 Å². The second kappa shape index (κ2) is 6.65. The van der Waals surface area contributed by atoms with Gasteiger partial charge >= 0.3 is 0 Å². The Kier molecular flexibility index (Phi) is 4.42. The summed E-state index contributed by atoms with van der Waals surface area (Å²) in [6.45, 7) is 6.31. The highest BCUT2D eigenvalue weighted by molar-refractivity contribution is 5.78. The van der Waals surface area contributed by atoms with Crippen molar-refractivity contribution >= 4 is 28.9 Å². The Hall–Kier alpha value is -2.62. The molecule has 3 nitrogen and oxygen atoms in total. The predicted octanol–water partition coefficient (Wildman–Crippen LogP) is 4.72. The lowest BCUT2D eigenvalue weighted by molar-refractivity contribution is 0.629. The topological polar surface area (TPSA) is 31.9 Å². The van der Waals surface area contributed by atoms with E-state index < -0.39 is 0 Å². The maximum atomic E-state index is 13.2. The summed E-state index contributed by atoms with van der Waals surface area (Å²) in [6, 6.07) is 13.0. The van der Waals surface area contributed by atoms with E-state index in [2.05, 4.69) is 53.0 Å². The average molecular weight is 309 g/mol. The van der Waals surface area contributed by atoms with Gasteiger partial charge in [0.05, 0.1) is 11.0 Å². The molecule has 1 heterocycles. The number of nitrogens with one attached hydrogen (secondary N) is 1. The van der Waals surface area contributed by atoms with Gasteiger partial charge in [-0.1, -0.05) is 18.2 Å². The van der Waals surface area contributed by atoms with Crippen LogP contribution in [-0.2, 0) is 0 Å². The van der Waals surface area contributed by atoms with Gasteiger partial charge < -0.3 is 9.88 Å².